The zero-order valence-corrected chi connectivity index (χ0v) is 23.1. The summed E-state index contributed by atoms with van der Waals surface area (Å²) in [5, 5.41) is 33.4. The van der Waals surface area contributed by atoms with Crippen LogP contribution in [-0.2, 0) is 28.7 Å². The third-order valence-corrected chi connectivity index (χ3v) is 6.59. The third kappa shape index (κ3) is 10.3. The summed E-state index contributed by atoms with van der Waals surface area (Å²) < 4.78 is 9.81. The molecule has 0 aromatic carbocycles. The molecule has 10 nitrogen and oxygen atoms in total. The summed E-state index contributed by atoms with van der Waals surface area (Å²) in [6.45, 7) is 1.59. The number of aliphatic hydroxyl groups is 2. The molecule has 3 atom stereocenters. The number of ketones is 1. The normalized spacial score (nSPS) is 24.6. The van der Waals surface area contributed by atoms with Crippen molar-refractivity contribution in [2.75, 3.05) is 27.7 Å². The van der Waals surface area contributed by atoms with E-state index in [4.69, 9.17) is 9.47 Å². The standard InChI is InChI=1S/C27H47NO9/c1-5-6-7-8-9-10-11-12-13-14-15-16-17-18-22(30)27(25(33)34)26(35,20-28(2,3)4)37-24(32)21(29)19-23(31)36-27/h21,29,35H,5-20H2,1-4H3. The van der Waals surface area contributed by atoms with Crippen molar-refractivity contribution in [1.29, 1.82) is 0 Å². The maximum Gasteiger partial charge on any atom is 0.338 e. The average molecular weight is 530 g/mol. The molecule has 1 fully saturated rings. The van der Waals surface area contributed by atoms with Gasteiger partial charge >= 0.3 is 17.7 Å². The highest BCUT2D eigenvalue weighted by atomic mass is 16.7. The largest absolute Gasteiger partial charge is 0.545 e. The van der Waals surface area contributed by atoms with Crippen LogP contribution in [0.5, 0.6) is 0 Å². The van der Waals surface area contributed by atoms with E-state index >= 15 is 0 Å². The summed E-state index contributed by atoms with van der Waals surface area (Å²) in [6, 6.07) is 0. The lowest BCUT2D eigenvalue weighted by Crippen LogP contribution is -2.76. The second-order valence-corrected chi connectivity index (χ2v) is 11.2. The van der Waals surface area contributed by atoms with Crippen LogP contribution in [-0.4, -0.2) is 83.6 Å². The highest BCUT2D eigenvalue weighted by molar-refractivity contribution is 6.09. The molecule has 0 spiro atoms. The van der Waals surface area contributed by atoms with Gasteiger partial charge in [0.25, 0.3) is 5.60 Å². The summed E-state index contributed by atoms with van der Waals surface area (Å²) >= 11 is 0. The summed E-state index contributed by atoms with van der Waals surface area (Å²) in [5.74, 6) is -9.13. The number of nitrogens with zero attached hydrogens (tertiary/aromatic N) is 1. The second-order valence-electron chi connectivity index (χ2n) is 11.2. The predicted molar refractivity (Wildman–Crippen MR) is 134 cm³/mol. The lowest BCUT2D eigenvalue weighted by atomic mass is 9.83. The van der Waals surface area contributed by atoms with E-state index in [1.165, 1.54) is 44.9 Å². The van der Waals surface area contributed by atoms with Crippen molar-refractivity contribution in [2.24, 2.45) is 0 Å². The van der Waals surface area contributed by atoms with E-state index in [1.807, 2.05) is 0 Å². The Balaban J connectivity index is 2.72. The number of carboxylic acid groups (broad SMARTS) is 1. The second kappa shape index (κ2) is 15.4. The lowest BCUT2D eigenvalue weighted by Gasteiger charge is -2.47. The highest BCUT2D eigenvalue weighted by Gasteiger charge is 2.66. The van der Waals surface area contributed by atoms with Gasteiger partial charge in [0, 0.05) is 6.42 Å². The summed E-state index contributed by atoms with van der Waals surface area (Å²) in [5.41, 5.74) is -3.25. The molecule has 0 bridgehead atoms. The van der Waals surface area contributed by atoms with Crippen LogP contribution in [0.15, 0.2) is 0 Å². The van der Waals surface area contributed by atoms with Crippen LogP contribution in [0, 0.1) is 0 Å². The van der Waals surface area contributed by atoms with Crippen LogP contribution in [0.4, 0.5) is 0 Å². The van der Waals surface area contributed by atoms with Gasteiger partial charge in [-0.3, -0.25) is 9.59 Å². The monoisotopic (exact) mass is 529 g/mol. The van der Waals surface area contributed by atoms with Crippen molar-refractivity contribution in [2.45, 2.75) is 121 Å². The number of quaternary nitrogens is 1. The fourth-order valence-corrected chi connectivity index (χ4v) is 4.70. The number of unbranched alkanes of at least 4 members (excludes halogenated alkanes) is 12. The minimum atomic E-state index is -3.25. The van der Waals surface area contributed by atoms with Gasteiger partial charge in [0.15, 0.2) is 11.9 Å². The summed E-state index contributed by atoms with van der Waals surface area (Å²) in [7, 11) is 4.67. The number of ether oxygens (including phenoxy) is 2. The number of Topliss-reactive ketones (excluding diaryl/α,β-unsaturated/α-hetero) is 1. The van der Waals surface area contributed by atoms with Gasteiger partial charge in [-0.05, 0) is 6.42 Å². The smallest absolute Gasteiger partial charge is 0.338 e. The van der Waals surface area contributed by atoms with Crippen LogP contribution in [0.1, 0.15) is 103 Å². The maximum absolute atomic E-state index is 13.2. The molecule has 1 aliphatic rings. The first-order chi connectivity index (χ1) is 17.3. The molecule has 0 radical (unpaired) electrons. The number of carbonyl (C=O) groups is 4. The molecule has 0 aliphatic carbocycles. The zero-order chi connectivity index (χ0) is 28.1. The van der Waals surface area contributed by atoms with Gasteiger partial charge in [-0.2, -0.15) is 0 Å². The molecule has 1 saturated heterocycles. The molecule has 0 aromatic heterocycles. The molecule has 214 valence electrons. The molecule has 1 aliphatic heterocycles. The molecule has 1 rings (SSSR count). The van der Waals surface area contributed by atoms with Gasteiger partial charge in [-0.1, -0.05) is 84.0 Å². The molecule has 3 unspecified atom stereocenters. The molecule has 0 saturated carbocycles. The Morgan fingerprint density at radius 3 is 1.78 bits per heavy atom. The molecule has 10 heteroatoms. The van der Waals surface area contributed by atoms with E-state index in [0.29, 0.717) is 12.8 Å². The van der Waals surface area contributed by atoms with Crippen LogP contribution in [0.2, 0.25) is 0 Å². The first-order valence-electron chi connectivity index (χ1n) is 13.7. The van der Waals surface area contributed by atoms with Crippen LogP contribution < -0.4 is 5.11 Å². The van der Waals surface area contributed by atoms with E-state index in [1.54, 1.807) is 21.1 Å². The van der Waals surface area contributed by atoms with E-state index in [2.05, 4.69) is 6.92 Å². The van der Waals surface area contributed by atoms with Crippen molar-refractivity contribution >= 4 is 23.7 Å². The van der Waals surface area contributed by atoms with Gasteiger partial charge in [-0.25, -0.2) is 4.79 Å². The Kier molecular flexibility index (Phi) is 13.7. The number of carbonyl (C=O) groups excluding carboxylic acids is 4. The fourth-order valence-electron chi connectivity index (χ4n) is 4.70. The van der Waals surface area contributed by atoms with E-state index in [-0.39, 0.29) is 10.9 Å². The van der Waals surface area contributed by atoms with Crippen molar-refractivity contribution in [1.82, 2.24) is 0 Å². The quantitative estimate of drug-likeness (QED) is 0.117. The van der Waals surface area contributed by atoms with Gasteiger partial charge < -0.3 is 34.1 Å². The zero-order valence-electron chi connectivity index (χ0n) is 23.1. The average Bonchev–Trinajstić information content (AvgIpc) is 2.78. The Labute approximate surface area is 220 Å². The van der Waals surface area contributed by atoms with Crippen LogP contribution in [0.3, 0.4) is 0 Å². The molecule has 0 amide bonds. The fraction of sp³-hybridized carbons (Fsp3) is 0.852. The summed E-state index contributed by atoms with van der Waals surface area (Å²) in [4.78, 5) is 50.1. The maximum atomic E-state index is 13.2. The Hall–Kier alpha value is -2.04. The van der Waals surface area contributed by atoms with Crippen molar-refractivity contribution in [3.05, 3.63) is 0 Å². The van der Waals surface area contributed by atoms with Crippen LogP contribution in [0.25, 0.3) is 0 Å². The number of esters is 2. The number of hydrogen-bond donors (Lipinski definition) is 2. The first kappa shape index (κ1) is 33.0. The molecule has 2 N–H and O–H groups in total. The van der Waals surface area contributed by atoms with Gasteiger partial charge in [-0.15, -0.1) is 0 Å². The van der Waals surface area contributed by atoms with E-state index in [0.717, 1.165) is 25.7 Å². The Morgan fingerprint density at radius 2 is 1.35 bits per heavy atom. The number of rotatable bonds is 18. The number of hydrogen-bond acceptors (Lipinski definition) is 9. The topological polar surface area (TPSA) is 150 Å². The number of cyclic esters (lactones) is 2. The minimum absolute atomic E-state index is 0.154. The van der Waals surface area contributed by atoms with Gasteiger partial charge in [0.05, 0.1) is 33.5 Å². The Morgan fingerprint density at radius 1 is 0.892 bits per heavy atom. The Bertz CT molecular complexity index is 763. The molecular weight excluding hydrogens is 482 g/mol. The van der Waals surface area contributed by atoms with Crippen molar-refractivity contribution in [3.8, 4) is 0 Å². The predicted octanol–water partition coefficient (Wildman–Crippen LogP) is 1.77. The number of aliphatic carboxylic acids is 1. The van der Waals surface area contributed by atoms with Gasteiger partial charge in [0.1, 0.15) is 6.54 Å². The highest BCUT2D eigenvalue weighted by Crippen LogP contribution is 2.35. The summed E-state index contributed by atoms with van der Waals surface area (Å²) in [6.07, 6.45) is 10.7. The number of aliphatic hydroxyl groups excluding tert-OH is 1. The van der Waals surface area contributed by atoms with E-state index in [9.17, 15) is 34.5 Å². The molecule has 0 aromatic rings. The van der Waals surface area contributed by atoms with Crippen molar-refractivity contribution in [3.63, 3.8) is 0 Å². The lowest BCUT2D eigenvalue weighted by molar-refractivity contribution is -0.881. The molecular formula is C27H47NO9. The minimum Gasteiger partial charge on any atom is -0.545 e. The number of likely N-dealkylation sites (N-methyl/N-ethyl adjacent to an activating group) is 1. The molecule has 37 heavy (non-hydrogen) atoms. The van der Waals surface area contributed by atoms with Crippen molar-refractivity contribution < 1.29 is 48.5 Å². The van der Waals surface area contributed by atoms with Gasteiger partial charge in [0.2, 0.25) is 0 Å². The SMILES string of the molecule is CCCCCCCCCCCCCCCC(=O)C1(C(=O)[O-])OC(=O)CC(O)C(=O)OC1(O)C[N+](C)(C)C. The molecule has 1 heterocycles. The number of carboxylic acids is 1. The van der Waals surface area contributed by atoms with E-state index < -0.39 is 54.1 Å². The van der Waals surface area contributed by atoms with Crippen LogP contribution >= 0.6 is 0 Å². The third-order valence-electron chi connectivity index (χ3n) is 6.59. The first-order valence-corrected chi connectivity index (χ1v) is 13.7.